The summed E-state index contributed by atoms with van der Waals surface area (Å²) in [5.41, 5.74) is 16.6. The molecular formula is C15H18ClN3. The fraction of sp³-hybridized carbons (Fsp3) is 0.267. The van der Waals surface area contributed by atoms with Gasteiger partial charge in [0.05, 0.1) is 5.02 Å². The summed E-state index contributed by atoms with van der Waals surface area (Å²) in [6.45, 7) is 4.19. The van der Waals surface area contributed by atoms with E-state index < -0.39 is 0 Å². The predicted molar refractivity (Wildman–Crippen MR) is 80.2 cm³/mol. The Bertz CT molecular complexity index is 596. The van der Waals surface area contributed by atoms with Crippen molar-refractivity contribution in [3.05, 3.63) is 57.7 Å². The summed E-state index contributed by atoms with van der Waals surface area (Å²) in [6.07, 6.45) is 2.25. The van der Waals surface area contributed by atoms with Gasteiger partial charge in [-0.1, -0.05) is 29.8 Å². The number of hydrogen-bond acceptors (Lipinski definition) is 3. The molecule has 0 saturated heterocycles. The van der Waals surface area contributed by atoms with E-state index in [-0.39, 0.29) is 6.04 Å². The number of halogens is 1. The third-order valence-corrected chi connectivity index (χ3v) is 3.55. The monoisotopic (exact) mass is 275 g/mol. The van der Waals surface area contributed by atoms with Crippen LogP contribution in [0.2, 0.25) is 5.02 Å². The van der Waals surface area contributed by atoms with E-state index in [1.807, 2.05) is 0 Å². The van der Waals surface area contributed by atoms with Crippen LogP contribution in [0.5, 0.6) is 0 Å². The second kappa shape index (κ2) is 5.59. The molecule has 1 atom stereocenters. The van der Waals surface area contributed by atoms with Crippen molar-refractivity contribution in [2.45, 2.75) is 26.3 Å². The lowest BCUT2D eigenvalue weighted by Gasteiger charge is -2.15. The number of aromatic nitrogens is 1. The lowest BCUT2D eigenvalue weighted by atomic mass is 9.97. The van der Waals surface area contributed by atoms with E-state index in [0.717, 1.165) is 5.56 Å². The van der Waals surface area contributed by atoms with Crippen molar-refractivity contribution in [2.75, 3.05) is 5.73 Å². The van der Waals surface area contributed by atoms with Crippen molar-refractivity contribution < 1.29 is 0 Å². The van der Waals surface area contributed by atoms with E-state index >= 15 is 0 Å². The van der Waals surface area contributed by atoms with Crippen molar-refractivity contribution in [1.82, 2.24) is 4.98 Å². The number of nitrogens with zero attached hydrogens (tertiary/aromatic N) is 1. The number of benzene rings is 1. The summed E-state index contributed by atoms with van der Waals surface area (Å²) >= 11 is 5.94. The fourth-order valence-electron chi connectivity index (χ4n) is 2.06. The molecule has 4 heteroatoms. The molecule has 0 saturated carbocycles. The molecule has 2 rings (SSSR count). The van der Waals surface area contributed by atoms with E-state index in [9.17, 15) is 0 Å². The van der Waals surface area contributed by atoms with Gasteiger partial charge in [0.1, 0.15) is 5.82 Å². The van der Waals surface area contributed by atoms with Crippen LogP contribution in [-0.2, 0) is 6.42 Å². The summed E-state index contributed by atoms with van der Waals surface area (Å²) in [5.74, 6) is 0.445. The molecule has 0 radical (unpaired) electrons. The number of pyridine rings is 1. The van der Waals surface area contributed by atoms with Crippen molar-refractivity contribution in [3.63, 3.8) is 0 Å². The topological polar surface area (TPSA) is 64.9 Å². The van der Waals surface area contributed by atoms with Crippen LogP contribution in [0.4, 0.5) is 5.82 Å². The number of aryl methyl sites for hydroxylation is 2. The van der Waals surface area contributed by atoms with Crippen LogP contribution < -0.4 is 11.5 Å². The minimum Gasteiger partial charge on any atom is -0.383 e. The van der Waals surface area contributed by atoms with E-state index in [1.54, 1.807) is 6.07 Å². The van der Waals surface area contributed by atoms with Crippen LogP contribution in [0.15, 0.2) is 30.5 Å². The Morgan fingerprint density at radius 3 is 2.63 bits per heavy atom. The predicted octanol–water partition coefficient (Wildman–Crippen LogP) is 3.18. The number of anilines is 1. The van der Waals surface area contributed by atoms with Gasteiger partial charge in [-0.2, -0.15) is 0 Å². The van der Waals surface area contributed by atoms with E-state index in [1.165, 1.54) is 22.9 Å². The molecule has 2 aromatic rings. The minimum atomic E-state index is -0.201. The third-order valence-electron chi connectivity index (χ3n) is 3.34. The number of nitrogens with two attached hydrogens (primary N) is 2. The van der Waals surface area contributed by atoms with Gasteiger partial charge in [0.15, 0.2) is 0 Å². The molecule has 100 valence electrons. The molecule has 4 N–H and O–H groups in total. The second-order valence-electron chi connectivity index (χ2n) is 4.86. The first-order valence-corrected chi connectivity index (χ1v) is 6.58. The van der Waals surface area contributed by atoms with Crippen LogP contribution in [0.3, 0.4) is 0 Å². The molecule has 0 aliphatic heterocycles. The van der Waals surface area contributed by atoms with Gasteiger partial charge in [-0.15, -0.1) is 0 Å². The van der Waals surface area contributed by atoms with Gasteiger partial charge in [-0.3, -0.25) is 0 Å². The van der Waals surface area contributed by atoms with E-state index in [0.29, 0.717) is 17.3 Å². The average molecular weight is 276 g/mol. The maximum atomic E-state index is 6.21. The molecule has 0 aliphatic carbocycles. The molecule has 1 heterocycles. The van der Waals surface area contributed by atoms with Gasteiger partial charge in [0.25, 0.3) is 0 Å². The summed E-state index contributed by atoms with van der Waals surface area (Å²) in [5, 5.41) is 0.555. The standard InChI is InChI=1S/C15H18ClN3/c1-9-3-4-11(5-10(9)2)6-14(17)13-7-12(16)8-19-15(13)18/h3-5,7-8,14H,6,17H2,1-2H3,(H2,18,19). The Morgan fingerprint density at radius 2 is 1.95 bits per heavy atom. The van der Waals surface area contributed by atoms with Crippen LogP contribution in [0.25, 0.3) is 0 Å². The first-order chi connectivity index (χ1) is 8.97. The van der Waals surface area contributed by atoms with Crippen LogP contribution in [-0.4, -0.2) is 4.98 Å². The molecule has 1 unspecified atom stereocenters. The van der Waals surface area contributed by atoms with Crippen molar-refractivity contribution in [1.29, 1.82) is 0 Å². The largest absolute Gasteiger partial charge is 0.383 e. The van der Waals surface area contributed by atoms with Crippen LogP contribution in [0.1, 0.15) is 28.3 Å². The molecule has 1 aromatic carbocycles. The van der Waals surface area contributed by atoms with Gasteiger partial charge >= 0.3 is 0 Å². The van der Waals surface area contributed by atoms with Crippen LogP contribution in [0, 0.1) is 13.8 Å². The summed E-state index contributed by atoms with van der Waals surface area (Å²) in [7, 11) is 0. The molecule has 0 spiro atoms. The molecular weight excluding hydrogens is 258 g/mol. The Balaban J connectivity index is 2.22. The van der Waals surface area contributed by atoms with Crippen molar-refractivity contribution >= 4 is 17.4 Å². The smallest absolute Gasteiger partial charge is 0.128 e. The van der Waals surface area contributed by atoms with Gasteiger partial charge in [-0.05, 0) is 43.0 Å². The number of hydrogen-bond donors (Lipinski definition) is 2. The summed E-state index contributed by atoms with van der Waals surface area (Å²) < 4.78 is 0. The Kier molecular flexibility index (Phi) is 4.08. The minimum absolute atomic E-state index is 0.201. The van der Waals surface area contributed by atoms with Gasteiger partial charge < -0.3 is 11.5 Å². The first kappa shape index (κ1) is 13.8. The SMILES string of the molecule is Cc1ccc(CC(N)c2cc(Cl)cnc2N)cc1C. The third kappa shape index (κ3) is 3.25. The first-order valence-electron chi connectivity index (χ1n) is 6.20. The van der Waals surface area contributed by atoms with E-state index in [4.69, 9.17) is 23.1 Å². The molecule has 0 aliphatic rings. The van der Waals surface area contributed by atoms with Crippen LogP contribution >= 0.6 is 11.6 Å². The molecule has 1 aromatic heterocycles. The van der Waals surface area contributed by atoms with Gasteiger partial charge in [0.2, 0.25) is 0 Å². The quantitative estimate of drug-likeness (QED) is 0.904. The highest BCUT2D eigenvalue weighted by atomic mass is 35.5. The lowest BCUT2D eigenvalue weighted by Crippen LogP contribution is -2.16. The molecule has 0 fully saturated rings. The number of nitrogen functional groups attached to an aromatic ring is 1. The Labute approximate surface area is 118 Å². The average Bonchev–Trinajstić information content (AvgIpc) is 2.36. The molecule has 0 bridgehead atoms. The second-order valence-corrected chi connectivity index (χ2v) is 5.29. The Morgan fingerprint density at radius 1 is 1.21 bits per heavy atom. The van der Waals surface area contributed by atoms with Gasteiger partial charge in [0, 0.05) is 17.8 Å². The van der Waals surface area contributed by atoms with Crippen molar-refractivity contribution in [3.8, 4) is 0 Å². The normalized spacial score (nSPS) is 12.4. The van der Waals surface area contributed by atoms with Crippen molar-refractivity contribution in [2.24, 2.45) is 5.73 Å². The highest BCUT2D eigenvalue weighted by Crippen LogP contribution is 2.24. The fourth-order valence-corrected chi connectivity index (χ4v) is 2.22. The number of rotatable bonds is 3. The maximum Gasteiger partial charge on any atom is 0.128 e. The van der Waals surface area contributed by atoms with E-state index in [2.05, 4.69) is 37.0 Å². The molecule has 19 heavy (non-hydrogen) atoms. The zero-order valence-corrected chi connectivity index (χ0v) is 11.9. The zero-order valence-electron chi connectivity index (χ0n) is 11.2. The highest BCUT2D eigenvalue weighted by Gasteiger charge is 2.12. The zero-order chi connectivity index (χ0) is 14.0. The molecule has 0 amide bonds. The summed E-state index contributed by atoms with van der Waals surface area (Å²) in [6, 6.07) is 7.94. The lowest BCUT2D eigenvalue weighted by molar-refractivity contribution is 0.720. The summed E-state index contributed by atoms with van der Waals surface area (Å²) in [4.78, 5) is 4.04. The van der Waals surface area contributed by atoms with Gasteiger partial charge in [-0.25, -0.2) is 4.98 Å². The molecule has 3 nitrogen and oxygen atoms in total. The highest BCUT2D eigenvalue weighted by molar-refractivity contribution is 6.30. The maximum absolute atomic E-state index is 6.21. The Hall–Kier alpha value is -1.58.